The normalized spacial score (nSPS) is 18.1. The molecule has 2 aliphatic rings. The van der Waals surface area contributed by atoms with Gasteiger partial charge in [-0.25, -0.2) is 4.79 Å². The predicted molar refractivity (Wildman–Crippen MR) is 144 cm³/mol. The maximum absolute atomic E-state index is 14.1. The zero-order valence-electron chi connectivity index (χ0n) is 21.7. The summed E-state index contributed by atoms with van der Waals surface area (Å²) in [5.74, 6) is -0.445. The molecule has 0 bridgehead atoms. The van der Waals surface area contributed by atoms with Crippen LogP contribution in [0, 0.1) is 6.92 Å². The van der Waals surface area contributed by atoms with E-state index in [1.54, 1.807) is 15.9 Å². The third-order valence-corrected chi connectivity index (χ3v) is 6.75. The Hall–Kier alpha value is -3.91. The second kappa shape index (κ2) is 11.4. The van der Waals surface area contributed by atoms with Crippen LogP contribution in [0.25, 0.3) is 0 Å². The summed E-state index contributed by atoms with van der Waals surface area (Å²) in [6, 6.07) is 15.9. The molecule has 0 saturated heterocycles. The number of urea groups is 1. The minimum Gasteiger partial charge on any atom is -0.353 e. The van der Waals surface area contributed by atoms with Crippen LogP contribution in [0.5, 0.6) is 0 Å². The Morgan fingerprint density at radius 3 is 2.62 bits per heavy atom. The molecular weight excluding hydrogens is 466 g/mol. The fraction of sp³-hybridized carbons (Fsp3) is 0.345. The van der Waals surface area contributed by atoms with Crippen LogP contribution >= 0.6 is 0 Å². The molecule has 0 radical (unpaired) electrons. The van der Waals surface area contributed by atoms with E-state index >= 15 is 0 Å². The average molecular weight is 502 g/mol. The molecule has 2 aromatic carbocycles. The Morgan fingerprint density at radius 2 is 1.95 bits per heavy atom. The lowest BCUT2D eigenvalue weighted by atomic mass is 9.94. The van der Waals surface area contributed by atoms with E-state index in [0.717, 1.165) is 16.7 Å². The topological polar surface area (TPSA) is 85.0 Å². The number of hydrogen-bond donors (Lipinski definition) is 2. The molecule has 2 heterocycles. The minimum atomic E-state index is -0.721. The number of hydrogen-bond acceptors (Lipinski definition) is 4. The number of benzene rings is 2. The van der Waals surface area contributed by atoms with E-state index in [-0.39, 0.29) is 30.9 Å². The third kappa shape index (κ3) is 5.75. The van der Waals surface area contributed by atoms with Crippen molar-refractivity contribution in [2.75, 3.05) is 40.3 Å². The Morgan fingerprint density at radius 1 is 1.19 bits per heavy atom. The van der Waals surface area contributed by atoms with Crippen LogP contribution in [-0.2, 0) is 16.0 Å². The molecule has 4 rings (SSSR count). The standard InChI is InChI=1S/C29H35N5O3/c1-5-15-33-24-19-34(23(18-21-11-7-6-8-12-21)27(35)30-14-16-32(3)4)28(36)25(24)26(31-29(33)37)22-13-9-10-20(2)17-22/h5-13,17,23,26H,1,14-16,18-19H2,2-4H3,(H,30,35)(H,31,37)/t23-,26+/m1/s1. The molecule has 0 spiro atoms. The fourth-order valence-corrected chi connectivity index (χ4v) is 4.89. The molecular formula is C29H35N5O3. The van der Waals surface area contributed by atoms with Gasteiger partial charge >= 0.3 is 6.03 Å². The zero-order valence-corrected chi connectivity index (χ0v) is 21.7. The quantitative estimate of drug-likeness (QED) is 0.490. The Kier molecular flexibility index (Phi) is 8.08. The molecule has 4 amide bonds. The lowest BCUT2D eigenvalue weighted by molar-refractivity contribution is -0.136. The minimum absolute atomic E-state index is 0.177. The molecule has 0 fully saturated rings. The molecule has 0 unspecified atom stereocenters. The number of likely N-dealkylation sites (N-methyl/N-ethyl adjacent to an activating group) is 1. The van der Waals surface area contributed by atoms with E-state index in [2.05, 4.69) is 17.2 Å². The fourth-order valence-electron chi connectivity index (χ4n) is 4.89. The summed E-state index contributed by atoms with van der Waals surface area (Å²) in [6.45, 7) is 7.37. The summed E-state index contributed by atoms with van der Waals surface area (Å²) in [7, 11) is 3.89. The molecule has 2 aliphatic heterocycles. The van der Waals surface area contributed by atoms with Crippen LogP contribution in [0.2, 0.25) is 0 Å². The van der Waals surface area contributed by atoms with E-state index in [1.165, 1.54) is 0 Å². The lowest BCUT2D eigenvalue weighted by Gasteiger charge is -2.33. The van der Waals surface area contributed by atoms with Crippen LogP contribution in [0.1, 0.15) is 22.7 Å². The molecule has 37 heavy (non-hydrogen) atoms. The van der Waals surface area contributed by atoms with Gasteiger partial charge in [-0.1, -0.05) is 66.2 Å². The lowest BCUT2D eigenvalue weighted by Crippen LogP contribution is -2.50. The maximum Gasteiger partial charge on any atom is 0.322 e. The summed E-state index contributed by atoms with van der Waals surface area (Å²) in [5, 5.41) is 6.01. The molecule has 8 nitrogen and oxygen atoms in total. The summed E-state index contributed by atoms with van der Waals surface area (Å²) >= 11 is 0. The molecule has 2 N–H and O–H groups in total. The number of aryl methyl sites for hydroxylation is 1. The van der Waals surface area contributed by atoms with Gasteiger partial charge in [-0.2, -0.15) is 0 Å². The van der Waals surface area contributed by atoms with Gasteiger partial charge in [0.25, 0.3) is 5.91 Å². The number of carbonyl (C=O) groups excluding carboxylic acids is 3. The number of nitrogens with zero attached hydrogens (tertiary/aromatic N) is 3. The Bertz CT molecular complexity index is 1210. The molecule has 0 saturated carbocycles. The van der Waals surface area contributed by atoms with Gasteiger partial charge in [0, 0.05) is 26.1 Å². The van der Waals surface area contributed by atoms with E-state index in [0.29, 0.717) is 30.8 Å². The molecule has 8 heteroatoms. The zero-order chi connectivity index (χ0) is 26.5. The summed E-state index contributed by atoms with van der Waals surface area (Å²) < 4.78 is 0. The smallest absolute Gasteiger partial charge is 0.322 e. The molecule has 2 atom stereocenters. The van der Waals surface area contributed by atoms with Gasteiger partial charge in [0.2, 0.25) is 5.91 Å². The first kappa shape index (κ1) is 26.2. The molecule has 2 aromatic rings. The molecule has 194 valence electrons. The van der Waals surface area contributed by atoms with Crippen LogP contribution in [0.4, 0.5) is 4.79 Å². The van der Waals surface area contributed by atoms with Crippen molar-refractivity contribution in [2.24, 2.45) is 0 Å². The van der Waals surface area contributed by atoms with Gasteiger partial charge in [0.15, 0.2) is 0 Å². The van der Waals surface area contributed by atoms with Crippen molar-refractivity contribution in [3.05, 3.63) is 95.2 Å². The number of amides is 4. The van der Waals surface area contributed by atoms with E-state index in [4.69, 9.17) is 0 Å². The Balaban J connectivity index is 1.70. The highest BCUT2D eigenvalue weighted by molar-refractivity contribution is 6.03. The summed E-state index contributed by atoms with van der Waals surface area (Å²) in [5.41, 5.74) is 3.96. The van der Waals surface area contributed by atoms with Crippen LogP contribution in [0.3, 0.4) is 0 Å². The van der Waals surface area contributed by atoms with E-state index in [9.17, 15) is 14.4 Å². The van der Waals surface area contributed by atoms with E-state index < -0.39 is 12.1 Å². The highest BCUT2D eigenvalue weighted by Crippen LogP contribution is 2.37. The number of rotatable bonds is 10. The van der Waals surface area contributed by atoms with Crippen molar-refractivity contribution in [1.82, 2.24) is 25.3 Å². The van der Waals surface area contributed by atoms with Crippen molar-refractivity contribution in [3.63, 3.8) is 0 Å². The first-order chi connectivity index (χ1) is 17.8. The predicted octanol–water partition coefficient (Wildman–Crippen LogP) is 2.63. The third-order valence-electron chi connectivity index (χ3n) is 6.75. The summed E-state index contributed by atoms with van der Waals surface area (Å²) in [6.07, 6.45) is 2.01. The SMILES string of the molecule is C=CCN1C(=O)N[C@@H](c2cccc(C)c2)C2=C1CN([C@H](Cc1ccccc1)C(=O)NCCN(C)C)C2=O. The van der Waals surface area contributed by atoms with Gasteiger partial charge in [-0.05, 0) is 32.1 Å². The van der Waals surface area contributed by atoms with Gasteiger partial charge in [-0.15, -0.1) is 6.58 Å². The van der Waals surface area contributed by atoms with Gasteiger partial charge < -0.3 is 20.4 Å². The number of carbonyl (C=O) groups is 3. The van der Waals surface area contributed by atoms with Crippen molar-refractivity contribution in [2.45, 2.75) is 25.4 Å². The summed E-state index contributed by atoms with van der Waals surface area (Å²) in [4.78, 5) is 45.8. The second-order valence-corrected chi connectivity index (χ2v) is 9.79. The van der Waals surface area contributed by atoms with Crippen molar-refractivity contribution in [1.29, 1.82) is 0 Å². The van der Waals surface area contributed by atoms with Crippen LogP contribution in [-0.4, -0.2) is 78.9 Å². The first-order valence-electron chi connectivity index (χ1n) is 12.6. The molecule has 0 aromatic heterocycles. The van der Waals surface area contributed by atoms with Crippen molar-refractivity contribution in [3.8, 4) is 0 Å². The highest BCUT2D eigenvalue weighted by atomic mass is 16.2. The van der Waals surface area contributed by atoms with Crippen LogP contribution in [0.15, 0.2) is 78.5 Å². The van der Waals surface area contributed by atoms with Crippen molar-refractivity contribution >= 4 is 17.8 Å². The second-order valence-electron chi connectivity index (χ2n) is 9.79. The number of nitrogens with one attached hydrogen (secondary N) is 2. The Labute approximate surface area is 218 Å². The van der Waals surface area contributed by atoms with E-state index in [1.807, 2.05) is 80.5 Å². The first-order valence-corrected chi connectivity index (χ1v) is 12.6. The van der Waals surface area contributed by atoms with Gasteiger partial charge in [0.1, 0.15) is 6.04 Å². The maximum atomic E-state index is 14.1. The van der Waals surface area contributed by atoms with Crippen molar-refractivity contribution < 1.29 is 14.4 Å². The average Bonchev–Trinajstić information content (AvgIpc) is 3.21. The van der Waals surface area contributed by atoms with Crippen LogP contribution < -0.4 is 10.6 Å². The molecule has 0 aliphatic carbocycles. The van der Waals surface area contributed by atoms with Gasteiger partial charge in [-0.3, -0.25) is 14.5 Å². The highest BCUT2D eigenvalue weighted by Gasteiger charge is 2.46. The van der Waals surface area contributed by atoms with Gasteiger partial charge in [0.05, 0.1) is 23.9 Å². The largest absolute Gasteiger partial charge is 0.353 e. The monoisotopic (exact) mass is 501 g/mol.